The highest BCUT2D eigenvalue weighted by atomic mass is 16.5. The maximum Gasteiger partial charge on any atom is 0.242 e. The Hall–Kier alpha value is -0.610. The van der Waals surface area contributed by atoms with E-state index >= 15 is 0 Å². The van der Waals surface area contributed by atoms with Gasteiger partial charge in [0.15, 0.2) is 0 Å². The third-order valence-electron chi connectivity index (χ3n) is 4.78. The third-order valence-corrected chi connectivity index (χ3v) is 4.78. The number of hydrogen-bond donors (Lipinski definition) is 1. The minimum Gasteiger partial charge on any atom is -0.376 e. The number of ether oxygens (including phenoxy) is 1. The molecule has 1 heterocycles. The lowest BCUT2D eigenvalue weighted by Gasteiger charge is -2.31. The van der Waals surface area contributed by atoms with Gasteiger partial charge in [-0.25, -0.2) is 0 Å². The van der Waals surface area contributed by atoms with Gasteiger partial charge in [-0.15, -0.1) is 0 Å². The van der Waals surface area contributed by atoms with Gasteiger partial charge >= 0.3 is 0 Å². The second kappa shape index (κ2) is 7.99. The fraction of sp³-hybridized carbons (Fsp3) is 0.938. The van der Waals surface area contributed by atoms with Crippen molar-refractivity contribution in [3.05, 3.63) is 0 Å². The molecule has 0 unspecified atom stereocenters. The van der Waals surface area contributed by atoms with Crippen LogP contribution in [0.4, 0.5) is 0 Å². The Balaban J connectivity index is 1.72. The zero-order chi connectivity index (χ0) is 14.4. The summed E-state index contributed by atoms with van der Waals surface area (Å²) in [5.74, 6) is 0.740. The van der Waals surface area contributed by atoms with Crippen LogP contribution < -0.4 is 5.73 Å². The summed E-state index contributed by atoms with van der Waals surface area (Å²) in [7, 11) is 0. The van der Waals surface area contributed by atoms with Gasteiger partial charge in [0.05, 0.1) is 6.10 Å². The lowest BCUT2D eigenvalue weighted by atomic mass is 9.90. The van der Waals surface area contributed by atoms with Gasteiger partial charge in [-0.2, -0.15) is 0 Å². The number of nitrogens with zero attached hydrogens (tertiary/aromatic N) is 1. The monoisotopic (exact) mass is 282 g/mol. The smallest absolute Gasteiger partial charge is 0.242 e. The zero-order valence-electron chi connectivity index (χ0n) is 12.9. The van der Waals surface area contributed by atoms with Gasteiger partial charge in [-0.05, 0) is 44.9 Å². The molecule has 116 valence electrons. The summed E-state index contributed by atoms with van der Waals surface area (Å²) in [6, 6.07) is -0.503. The third kappa shape index (κ3) is 4.45. The molecule has 0 radical (unpaired) electrons. The molecule has 1 aliphatic heterocycles. The maximum absolute atomic E-state index is 12.3. The molecule has 2 N–H and O–H groups in total. The van der Waals surface area contributed by atoms with Gasteiger partial charge in [-0.3, -0.25) is 4.79 Å². The second-order valence-electron chi connectivity index (χ2n) is 6.45. The molecule has 4 heteroatoms. The summed E-state index contributed by atoms with van der Waals surface area (Å²) >= 11 is 0. The van der Waals surface area contributed by atoms with E-state index in [0.29, 0.717) is 5.92 Å². The number of hydrogen-bond acceptors (Lipinski definition) is 3. The summed E-state index contributed by atoms with van der Waals surface area (Å²) < 4.78 is 5.88. The van der Waals surface area contributed by atoms with E-state index in [0.717, 1.165) is 32.5 Å². The van der Waals surface area contributed by atoms with Crippen molar-refractivity contribution >= 4 is 5.91 Å². The highest BCUT2D eigenvalue weighted by Gasteiger charge is 2.28. The summed E-state index contributed by atoms with van der Waals surface area (Å²) in [5, 5.41) is 0. The Morgan fingerprint density at radius 3 is 2.40 bits per heavy atom. The fourth-order valence-electron chi connectivity index (χ4n) is 3.27. The largest absolute Gasteiger partial charge is 0.376 e. The standard InChI is InChI=1S/C16H30N2O2/c1-13(20-12-14-8-4-2-5-9-14)15(17)16(19)18-10-6-3-7-11-18/h13-15H,2-12,17H2,1H3/t13-,15-/m1/s1. The molecule has 0 spiro atoms. The average molecular weight is 282 g/mol. The van der Waals surface area contributed by atoms with Crippen molar-refractivity contribution in [1.29, 1.82) is 0 Å². The van der Waals surface area contributed by atoms with Crippen molar-refractivity contribution < 1.29 is 9.53 Å². The highest BCUT2D eigenvalue weighted by Crippen LogP contribution is 2.24. The van der Waals surface area contributed by atoms with Gasteiger partial charge < -0.3 is 15.4 Å². The molecule has 2 aliphatic rings. The Morgan fingerprint density at radius 2 is 1.75 bits per heavy atom. The van der Waals surface area contributed by atoms with Crippen molar-refractivity contribution in [3.63, 3.8) is 0 Å². The first-order valence-corrected chi connectivity index (χ1v) is 8.34. The van der Waals surface area contributed by atoms with E-state index < -0.39 is 6.04 Å². The van der Waals surface area contributed by atoms with Crippen molar-refractivity contribution in [2.45, 2.75) is 70.4 Å². The van der Waals surface area contributed by atoms with Crippen molar-refractivity contribution in [1.82, 2.24) is 4.90 Å². The van der Waals surface area contributed by atoms with Crippen LogP contribution in [0, 0.1) is 5.92 Å². The van der Waals surface area contributed by atoms with Crippen molar-refractivity contribution in [2.75, 3.05) is 19.7 Å². The Kier molecular flexibility index (Phi) is 6.30. The predicted octanol–water partition coefficient (Wildman–Crippen LogP) is 2.31. The predicted molar refractivity (Wildman–Crippen MR) is 80.4 cm³/mol. The molecule has 0 aromatic rings. The van der Waals surface area contributed by atoms with Gasteiger partial charge in [-0.1, -0.05) is 19.3 Å². The van der Waals surface area contributed by atoms with E-state index in [9.17, 15) is 4.79 Å². The normalized spacial score (nSPS) is 24.4. The Morgan fingerprint density at radius 1 is 1.15 bits per heavy atom. The van der Waals surface area contributed by atoms with Crippen LogP contribution in [0.15, 0.2) is 0 Å². The molecular formula is C16H30N2O2. The van der Waals surface area contributed by atoms with Crippen LogP contribution in [0.1, 0.15) is 58.3 Å². The SMILES string of the molecule is C[C@@H](OCC1CCCCC1)[C@@H](N)C(=O)N1CCCCC1. The topological polar surface area (TPSA) is 55.6 Å². The molecule has 1 aliphatic carbocycles. The summed E-state index contributed by atoms with van der Waals surface area (Å²) in [4.78, 5) is 14.2. The quantitative estimate of drug-likeness (QED) is 0.842. The second-order valence-corrected chi connectivity index (χ2v) is 6.45. The summed E-state index contributed by atoms with van der Waals surface area (Å²) in [6.07, 6.45) is 9.80. The molecule has 20 heavy (non-hydrogen) atoms. The fourth-order valence-corrected chi connectivity index (χ4v) is 3.27. The number of rotatable bonds is 5. The number of carbonyl (C=O) groups excluding carboxylic acids is 1. The molecule has 0 bridgehead atoms. The number of likely N-dealkylation sites (tertiary alicyclic amines) is 1. The van der Waals surface area contributed by atoms with Crippen LogP contribution in [0.25, 0.3) is 0 Å². The van der Waals surface area contributed by atoms with E-state index in [1.54, 1.807) is 0 Å². The first-order valence-electron chi connectivity index (χ1n) is 8.34. The first kappa shape index (κ1) is 15.8. The molecule has 1 amide bonds. The molecule has 1 saturated heterocycles. The van der Waals surface area contributed by atoms with E-state index in [2.05, 4.69) is 0 Å². The maximum atomic E-state index is 12.3. The zero-order valence-corrected chi connectivity index (χ0v) is 12.9. The summed E-state index contributed by atoms with van der Waals surface area (Å²) in [5.41, 5.74) is 6.09. The van der Waals surface area contributed by atoms with Gasteiger partial charge in [0, 0.05) is 19.7 Å². The van der Waals surface area contributed by atoms with Gasteiger partial charge in [0.1, 0.15) is 6.04 Å². The molecule has 0 aromatic carbocycles. The van der Waals surface area contributed by atoms with Crippen LogP contribution in [-0.4, -0.2) is 42.6 Å². The van der Waals surface area contributed by atoms with E-state index in [1.165, 1.54) is 38.5 Å². The average Bonchev–Trinajstić information content (AvgIpc) is 2.53. The minimum absolute atomic E-state index is 0.0702. The lowest BCUT2D eigenvalue weighted by molar-refractivity contribution is -0.137. The summed E-state index contributed by atoms with van der Waals surface area (Å²) in [6.45, 7) is 4.43. The molecule has 2 rings (SSSR count). The number of carbonyl (C=O) groups is 1. The molecule has 2 atom stereocenters. The van der Waals surface area contributed by atoms with Crippen LogP contribution in [-0.2, 0) is 9.53 Å². The van der Waals surface area contributed by atoms with E-state index in [4.69, 9.17) is 10.5 Å². The number of amides is 1. The van der Waals surface area contributed by atoms with Gasteiger partial charge in [0.25, 0.3) is 0 Å². The van der Waals surface area contributed by atoms with Crippen molar-refractivity contribution in [2.24, 2.45) is 11.7 Å². The molecule has 4 nitrogen and oxygen atoms in total. The van der Waals surface area contributed by atoms with Gasteiger partial charge in [0.2, 0.25) is 5.91 Å². The van der Waals surface area contributed by atoms with Crippen molar-refractivity contribution in [3.8, 4) is 0 Å². The Labute approximate surface area is 123 Å². The number of nitrogens with two attached hydrogens (primary N) is 1. The van der Waals surface area contributed by atoms with E-state index in [-0.39, 0.29) is 12.0 Å². The van der Waals surface area contributed by atoms with Crippen LogP contribution in [0.5, 0.6) is 0 Å². The Bertz CT molecular complexity index is 297. The van der Waals surface area contributed by atoms with Crippen LogP contribution in [0.3, 0.4) is 0 Å². The number of piperidine rings is 1. The van der Waals surface area contributed by atoms with Crippen LogP contribution in [0.2, 0.25) is 0 Å². The minimum atomic E-state index is -0.503. The first-order chi connectivity index (χ1) is 9.68. The molecule has 1 saturated carbocycles. The van der Waals surface area contributed by atoms with Crippen LogP contribution >= 0.6 is 0 Å². The lowest BCUT2D eigenvalue weighted by Crippen LogP contribution is -2.51. The van der Waals surface area contributed by atoms with E-state index in [1.807, 2.05) is 11.8 Å². The molecule has 0 aromatic heterocycles. The highest BCUT2D eigenvalue weighted by molar-refractivity contribution is 5.82. The molecule has 2 fully saturated rings. The molecular weight excluding hydrogens is 252 g/mol.